The highest BCUT2D eigenvalue weighted by molar-refractivity contribution is 6.33. The molecule has 0 heterocycles. The van der Waals surface area contributed by atoms with Crippen molar-refractivity contribution >= 4 is 29.5 Å². The summed E-state index contributed by atoms with van der Waals surface area (Å²) in [5.74, 6) is 0.380. The van der Waals surface area contributed by atoms with Crippen LogP contribution in [0.25, 0.3) is 0 Å². The van der Waals surface area contributed by atoms with E-state index in [1.807, 2.05) is 25.1 Å². The van der Waals surface area contributed by atoms with Gasteiger partial charge >= 0.3 is 0 Å². The van der Waals surface area contributed by atoms with Crippen molar-refractivity contribution in [1.29, 1.82) is 0 Å². The van der Waals surface area contributed by atoms with E-state index in [9.17, 15) is 9.59 Å². The number of hydrogen-bond acceptors (Lipinski definition) is 3. The molecule has 1 amide bonds. The summed E-state index contributed by atoms with van der Waals surface area (Å²) in [5.41, 5.74) is 1.53. The number of unbranched alkanes of at least 4 members (excludes halogenated alkanes) is 2. The van der Waals surface area contributed by atoms with Crippen LogP contribution in [-0.2, 0) is 9.59 Å². The fourth-order valence-corrected chi connectivity index (χ4v) is 2.73. The number of anilines is 1. The number of aldehydes is 1. The van der Waals surface area contributed by atoms with Crippen molar-refractivity contribution in [2.75, 3.05) is 18.1 Å². The van der Waals surface area contributed by atoms with Gasteiger partial charge in [-0.05, 0) is 31.4 Å². The molecular weight excluding hydrogens is 326 g/mol. The number of amides is 1. The van der Waals surface area contributed by atoms with E-state index in [1.165, 1.54) is 4.90 Å². The lowest BCUT2D eigenvalue weighted by atomic mass is 10.1. The number of alkyl halides is 1. The van der Waals surface area contributed by atoms with Gasteiger partial charge in [-0.15, -0.1) is 11.6 Å². The number of hydrogen-bond donors (Lipinski definition) is 0. The van der Waals surface area contributed by atoms with Crippen LogP contribution in [0, 0.1) is 6.92 Å². The molecular formula is C19H28ClNO3. The number of rotatable bonds is 11. The van der Waals surface area contributed by atoms with Crippen LogP contribution in [0.4, 0.5) is 5.69 Å². The summed E-state index contributed by atoms with van der Waals surface area (Å²) in [6.07, 6.45) is 5.14. The molecule has 0 N–H and O–H groups in total. The maximum absolute atomic E-state index is 12.8. The smallest absolute Gasteiger partial charge is 0.245 e. The second-order valence-electron chi connectivity index (χ2n) is 5.85. The summed E-state index contributed by atoms with van der Waals surface area (Å²) in [5, 5.41) is -0.631. The molecule has 1 atom stereocenters. The highest BCUT2D eigenvalue weighted by Gasteiger charge is 2.26. The van der Waals surface area contributed by atoms with Crippen LogP contribution in [0.15, 0.2) is 18.2 Å². The molecule has 134 valence electrons. The number of para-hydroxylation sites is 1. The van der Waals surface area contributed by atoms with Gasteiger partial charge in [0, 0.05) is 0 Å². The second-order valence-corrected chi connectivity index (χ2v) is 6.38. The molecule has 0 radical (unpaired) electrons. The number of nitrogens with zero attached hydrogens (tertiary/aromatic N) is 1. The fraction of sp³-hybridized carbons (Fsp3) is 0.579. The predicted octanol–water partition coefficient (Wildman–Crippen LogP) is 4.50. The van der Waals surface area contributed by atoms with Crippen LogP contribution >= 0.6 is 11.6 Å². The number of carbonyl (C=O) groups excluding carboxylic acids is 2. The van der Waals surface area contributed by atoms with Gasteiger partial charge in [0.05, 0.1) is 18.8 Å². The first kappa shape index (κ1) is 20.5. The van der Waals surface area contributed by atoms with Crippen LogP contribution in [-0.4, -0.2) is 30.7 Å². The Bertz CT molecular complexity index is 533. The SMILES string of the molecule is CCCCOc1cccc(C)c1N(CC=O)C(=O)C(Cl)CCCC. The third-order valence-electron chi connectivity index (χ3n) is 3.83. The highest BCUT2D eigenvalue weighted by atomic mass is 35.5. The molecule has 0 aliphatic carbocycles. The number of carbonyl (C=O) groups is 2. The standard InChI is InChI=1S/C19H28ClNO3/c1-4-6-10-16(20)19(23)21(12-13-22)18-15(3)9-8-11-17(18)24-14-7-5-2/h8-9,11,13,16H,4-7,10,12,14H2,1-3H3. The average Bonchev–Trinajstić information content (AvgIpc) is 2.58. The predicted molar refractivity (Wildman–Crippen MR) is 99.2 cm³/mol. The van der Waals surface area contributed by atoms with Gasteiger partial charge in [-0.25, -0.2) is 0 Å². The van der Waals surface area contributed by atoms with E-state index in [0.29, 0.717) is 24.5 Å². The van der Waals surface area contributed by atoms with Crippen molar-refractivity contribution in [2.45, 2.75) is 58.3 Å². The van der Waals surface area contributed by atoms with Gasteiger partial charge in [0.2, 0.25) is 5.91 Å². The Morgan fingerprint density at radius 1 is 1.29 bits per heavy atom. The Balaban J connectivity index is 3.09. The molecule has 0 bridgehead atoms. The van der Waals surface area contributed by atoms with Crippen LogP contribution in [0.1, 0.15) is 51.5 Å². The van der Waals surface area contributed by atoms with Crippen LogP contribution < -0.4 is 9.64 Å². The van der Waals surface area contributed by atoms with Crippen molar-refractivity contribution in [3.63, 3.8) is 0 Å². The molecule has 4 nitrogen and oxygen atoms in total. The quantitative estimate of drug-likeness (QED) is 0.334. The molecule has 0 aromatic heterocycles. The van der Waals surface area contributed by atoms with Crippen molar-refractivity contribution in [3.8, 4) is 5.75 Å². The fourth-order valence-electron chi connectivity index (χ4n) is 2.46. The van der Waals surface area contributed by atoms with Gasteiger partial charge in [0.15, 0.2) is 0 Å². The molecule has 0 spiro atoms. The first-order valence-electron chi connectivity index (χ1n) is 8.68. The molecule has 1 rings (SSSR count). The maximum atomic E-state index is 12.8. The van der Waals surface area contributed by atoms with Gasteiger partial charge in [-0.3, -0.25) is 4.79 Å². The van der Waals surface area contributed by atoms with Crippen molar-refractivity contribution in [1.82, 2.24) is 0 Å². The molecule has 0 saturated carbocycles. The van der Waals surface area contributed by atoms with Gasteiger partial charge in [-0.2, -0.15) is 0 Å². The van der Waals surface area contributed by atoms with E-state index in [0.717, 1.165) is 37.5 Å². The van der Waals surface area contributed by atoms with Crippen molar-refractivity contribution in [2.24, 2.45) is 0 Å². The molecule has 0 saturated heterocycles. The van der Waals surface area contributed by atoms with E-state index in [4.69, 9.17) is 16.3 Å². The van der Waals surface area contributed by atoms with E-state index < -0.39 is 5.38 Å². The largest absolute Gasteiger partial charge is 0.491 e. The third kappa shape index (κ3) is 5.82. The number of halogens is 1. The lowest BCUT2D eigenvalue weighted by Crippen LogP contribution is -2.39. The number of ether oxygens (including phenoxy) is 1. The van der Waals surface area contributed by atoms with Gasteiger partial charge in [0.25, 0.3) is 0 Å². The minimum Gasteiger partial charge on any atom is -0.491 e. The Labute approximate surface area is 150 Å². The number of benzene rings is 1. The normalized spacial score (nSPS) is 11.8. The molecule has 0 aliphatic rings. The molecule has 0 aliphatic heterocycles. The zero-order chi connectivity index (χ0) is 17.9. The van der Waals surface area contributed by atoms with E-state index in [2.05, 4.69) is 13.8 Å². The summed E-state index contributed by atoms with van der Waals surface area (Å²) in [4.78, 5) is 25.3. The van der Waals surface area contributed by atoms with Crippen molar-refractivity contribution < 1.29 is 14.3 Å². The molecule has 1 aromatic carbocycles. The van der Waals surface area contributed by atoms with Gasteiger partial charge in [0.1, 0.15) is 17.4 Å². The summed E-state index contributed by atoms with van der Waals surface area (Å²) < 4.78 is 5.84. The van der Waals surface area contributed by atoms with E-state index in [1.54, 1.807) is 0 Å². The molecule has 1 aromatic rings. The number of aryl methyl sites for hydroxylation is 1. The second kappa shape index (κ2) is 11.1. The minimum absolute atomic E-state index is 0.0246. The third-order valence-corrected chi connectivity index (χ3v) is 4.23. The minimum atomic E-state index is -0.631. The summed E-state index contributed by atoms with van der Waals surface area (Å²) in [6, 6.07) is 5.62. The first-order chi connectivity index (χ1) is 11.6. The van der Waals surface area contributed by atoms with Gasteiger partial charge in [-0.1, -0.05) is 45.2 Å². The van der Waals surface area contributed by atoms with E-state index >= 15 is 0 Å². The first-order valence-corrected chi connectivity index (χ1v) is 9.11. The highest BCUT2D eigenvalue weighted by Crippen LogP contribution is 2.33. The average molecular weight is 354 g/mol. The zero-order valence-corrected chi connectivity index (χ0v) is 15.6. The maximum Gasteiger partial charge on any atom is 0.245 e. The summed E-state index contributed by atoms with van der Waals surface area (Å²) in [6.45, 7) is 6.61. The Morgan fingerprint density at radius 2 is 2.00 bits per heavy atom. The lowest BCUT2D eigenvalue weighted by molar-refractivity contribution is -0.119. The Morgan fingerprint density at radius 3 is 2.62 bits per heavy atom. The molecule has 0 fully saturated rings. The molecule has 1 unspecified atom stereocenters. The topological polar surface area (TPSA) is 46.6 Å². The zero-order valence-electron chi connectivity index (χ0n) is 14.9. The Kier molecular flexibility index (Phi) is 9.46. The van der Waals surface area contributed by atoms with Crippen LogP contribution in [0.2, 0.25) is 0 Å². The summed E-state index contributed by atoms with van der Waals surface area (Å²) >= 11 is 6.27. The van der Waals surface area contributed by atoms with E-state index in [-0.39, 0.29) is 12.5 Å². The lowest BCUT2D eigenvalue weighted by Gasteiger charge is -2.27. The Hall–Kier alpha value is -1.55. The monoisotopic (exact) mass is 353 g/mol. The summed E-state index contributed by atoms with van der Waals surface area (Å²) in [7, 11) is 0. The van der Waals surface area contributed by atoms with Crippen LogP contribution in [0.3, 0.4) is 0 Å². The van der Waals surface area contributed by atoms with Gasteiger partial charge < -0.3 is 14.4 Å². The molecule has 24 heavy (non-hydrogen) atoms. The van der Waals surface area contributed by atoms with Crippen LogP contribution in [0.5, 0.6) is 5.75 Å². The molecule has 5 heteroatoms. The van der Waals surface area contributed by atoms with Crippen molar-refractivity contribution in [3.05, 3.63) is 23.8 Å².